The minimum Gasteiger partial charge on any atom is -0.454 e. The summed E-state index contributed by atoms with van der Waals surface area (Å²) in [5.74, 6) is 1.08. The van der Waals surface area contributed by atoms with Gasteiger partial charge in [-0.3, -0.25) is 9.59 Å². The summed E-state index contributed by atoms with van der Waals surface area (Å²) in [5.41, 5.74) is 5.68. The number of carbonyl (C=O) groups excluding carboxylic acids is 2. The third-order valence-electron chi connectivity index (χ3n) is 5.99. The number of rotatable bonds is 1. The molecule has 2 heterocycles. The average molecular weight is 371 g/mol. The van der Waals surface area contributed by atoms with Crippen LogP contribution >= 0.6 is 0 Å². The summed E-state index contributed by atoms with van der Waals surface area (Å²) in [4.78, 5) is 26.3. The Morgan fingerprint density at radius 3 is 2.61 bits per heavy atom. The molecule has 2 aliphatic carbocycles. The molecular formula is C23H17NO4. The molecule has 0 radical (unpaired) electrons. The van der Waals surface area contributed by atoms with Crippen molar-refractivity contribution in [2.45, 2.75) is 25.2 Å². The standard InChI is InChI=1S/C23H17NO4/c25-16-7-3-6-15-20(16)19(12-8-9-17-18(10-12)28-11-27-17)21-22(24-15)13-4-1-2-5-14(13)23(21)26/h1-2,4-5,8-10,19,24H,3,6-7,11H2. The first-order valence-corrected chi connectivity index (χ1v) is 9.53. The van der Waals surface area contributed by atoms with Crippen LogP contribution in [0.25, 0.3) is 5.70 Å². The van der Waals surface area contributed by atoms with Gasteiger partial charge in [-0.05, 0) is 30.5 Å². The van der Waals surface area contributed by atoms with E-state index in [4.69, 9.17) is 9.47 Å². The normalized spacial score (nSPS) is 22.1. The molecule has 2 aromatic rings. The van der Waals surface area contributed by atoms with Gasteiger partial charge in [-0.15, -0.1) is 0 Å². The SMILES string of the molecule is O=C1CCCC2=C1C(c1ccc3c(c1)OCO3)C1=C(N2)c2ccccc2C1=O. The van der Waals surface area contributed by atoms with Crippen molar-refractivity contribution >= 4 is 17.3 Å². The van der Waals surface area contributed by atoms with Crippen molar-refractivity contribution in [2.24, 2.45) is 0 Å². The van der Waals surface area contributed by atoms with Crippen molar-refractivity contribution in [2.75, 3.05) is 6.79 Å². The van der Waals surface area contributed by atoms with Crippen molar-refractivity contribution in [3.05, 3.63) is 76.0 Å². The Labute approximate surface area is 161 Å². The first-order valence-electron chi connectivity index (χ1n) is 9.53. The Bertz CT molecular complexity index is 1140. The fourth-order valence-corrected chi connectivity index (χ4v) is 4.76. The number of ether oxygens (including phenoxy) is 2. The topological polar surface area (TPSA) is 64.6 Å². The highest BCUT2D eigenvalue weighted by atomic mass is 16.7. The van der Waals surface area contributed by atoms with Crippen LogP contribution in [0.15, 0.2) is 59.3 Å². The predicted octanol–water partition coefficient (Wildman–Crippen LogP) is 3.72. The van der Waals surface area contributed by atoms with E-state index >= 15 is 0 Å². The van der Waals surface area contributed by atoms with Gasteiger partial charge in [-0.2, -0.15) is 0 Å². The van der Waals surface area contributed by atoms with Gasteiger partial charge in [0.15, 0.2) is 23.1 Å². The van der Waals surface area contributed by atoms with Crippen LogP contribution in [0.2, 0.25) is 0 Å². The van der Waals surface area contributed by atoms with E-state index in [1.807, 2.05) is 42.5 Å². The third kappa shape index (κ3) is 2.01. The van der Waals surface area contributed by atoms with Crippen molar-refractivity contribution < 1.29 is 19.1 Å². The number of benzene rings is 2. The van der Waals surface area contributed by atoms with Gasteiger partial charge in [0, 0.05) is 40.3 Å². The second kappa shape index (κ2) is 5.58. The number of dihydropyridines is 1. The molecule has 0 saturated carbocycles. The molecule has 0 aromatic heterocycles. The van der Waals surface area contributed by atoms with E-state index in [1.165, 1.54) is 0 Å². The molecule has 2 aliphatic heterocycles. The largest absolute Gasteiger partial charge is 0.454 e. The number of fused-ring (bicyclic) bond motifs is 3. The van der Waals surface area contributed by atoms with Crippen molar-refractivity contribution in [3.63, 3.8) is 0 Å². The lowest BCUT2D eigenvalue weighted by molar-refractivity contribution is -0.116. The Morgan fingerprint density at radius 2 is 1.71 bits per heavy atom. The van der Waals surface area contributed by atoms with E-state index in [-0.39, 0.29) is 24.3 Å². The summed E-state index contributed by atoms with van der Waals surface area (Å²) < 4.78 is 11.0. The maximum Gasteiger partial charge on any atom is 0.231 e. The zero-order valence-corrected chi connectivity index (χ0v) is 15.1. The minimum atomic E-state index is -0.381. The van der Waals surface area contributed by atoms with Crippen LogP contribution in [-0.2, 0) is 4.79 Å². The first kappa shape index (κ1) is 15.7. The Hall–Kier alpha value is -3.34. The van der Waals surface area contributed by atoms with Gasteiger partial charge in [0.2, 0.25) is 6.79 Å². The molecule has 5 nitrogen and oxygen atoms in total. The summed E-state index contributed by atoms with van der Waals surface area (Å²) in [7, 11) is 0. The third-order valence-corrected chi connectivity index (χ3v) is 5.99. The van der Waals surface area contributed by atoms with Crippen molar-refractivity contribution in [1.82, 2.24) is 5.32 Å². The highest BCUT2D eigenvalue weighted by Crippen LogP contribution is 2.50. The summed E-state index contributed by atoms with van der Waals surface area (Å²) in [6.07, 6.45) is 2.16. The Morgan fingerprint density at radius 1 is 0.893 bits per heavy atom. The molecule has 138 valence electrons. The highest BCUT2D eigenvalue weighted by Gasteiger charge is 2.43. The number of ketones is 2. The highest BCUT2D eigenvalue weighted by molar-refractivity contribution is 6.23. The molecule has 0 spiro atoms. The van der Waals surface area contributed by atoms with E-state index in [0.29, 0.717) is 29.1 Å². The molecular weight excluding hydrogens is 354 g/mol. The quantitative estimate of drug-likeness (QED) is 0.828. The molecule has 0 fully saturated rings. The maximum atomic E-state index is 13.3. The smallest absolute Gasteiger partial charge is 0.231 e. The number of hydrogen-bond acceptors (Lipinski definition) is 5. The summed E-state index contributed by atoms with van der Waals surface area (Å²) in [6.45, 7) is 0.191. The van der Waals surface area contributed by atoms with E-state index in [9.17, 15) is 9.59 Å². The molecule has 1 N–H and O–H groups in total. The molecule has 4 aliphatic rings. The average Bonchev–Trinajstić information content (AvgIpc) is 3.30. The van der Waals surface area contributed by atoms with Gasteiger partial charge in [0.1, 0.15) is 0 Å². The molecule has 0 saturated heterocycles. The zero-order valence-electron chi connectivity index (χ0n) is 15.1. The van der Waals surface area contributed by atoms with Gasteiger partial charge < -0.3 is 14.8 Å². The van der Waals surface area contributed by atoms with Gasteiger partial charge in [0.05, 0.1) is 5.70 Å². The van der Waals surface area contributed by atoms with Crippen molar-refractivity contribution in [1.29, 1.82) is 0 Å². The molecule has 1 unspecified atom stereocenters. The predicted molar refractivity (Wildman–Crippen MR) is 102 cm³/mol. The Kier molecular flexibility index (Phi) is 3.13. The van der Waals surface area contributed by atoms with Crippen LogP contribution in [0.4, 0.5) is 0 Å². The van der Waals surface area contributed by atoms with Gasteiger partial charge in [-0.25, -0.2) is 0 Å². The van der Waals surface area contributed by atoms with Crippen LogP contribution in [0.3, 0.4) is 0 Å². The summed E-state index contributed by atoms with van der Waals surface area (Å²) >= 11 is 0. The fraction of sp³-hybridized carbons (Fsp3) is 0.217. The van der Waals surface area contributed by atoms with Crippen LogP contribution in [0.1, 0.15) is 46.7 Å². The van der Waals surface area contributed by atoms with Gasteiger partial charge in [-0.1, -0.05) is 30.3 Å². The number of allylic oxidation sites excluding steroid dienone is 3. The van der Waals surface area contributed by atoms with Crippen LogP contribution < -0.4 is 14.8 Å². The monoisotopic (exact) mass is 371 g/mol. The van der Waals surface area contributed by atoms with Crippen LogP contribution in [0, 0.1) is 0 Å². The molecule has 2 aromatic carbocycles. The lowest BCUT2D eigenvalue weighted by atomic mass is 9.75. The number of carbonyl (C=O) groups is 2. The molecule has 5 heteroatoms. The van der Waals surface area contributed by atoms with E-state index in [0.717, 1.165) is 40.9 Å². The van der Waals surface area contributed by atoms with Crippen LogP contribution in [0.5, 0.6) is 11.5 Å². The maximum absolute atomic E-state index is 13.3. The lowest BCUT2D eigenvalue weighted by Crippen LogP contribution is -2.31. The van der Waals surface area contributed by atoms with E-state index in [1.54, 1.807) is 0 Å². The molecule has 28 heavy (non-hydrogen) atoms. The van der Waals surface area contributed by atoms with Gasteiger partial charge >= 0.3 is 0 Å². The van der Waals surface area contributed by atoms with E-state index < -0.39 is 0 Å². The Balaban J connectivity index is 1.59. The molecule has 0 amide bonds. The zero-order chi connectivity index (χ0) is 18.8. The fourth-order valence-electron chi connectivity index (χ4n) is 4.76. The van der Waals surface area contributed by atoms with Crippen molar-refractivity contribution in [3.8, 4) is 11.5 Å². The summed E-state index contributed by atoms with van der Waals surface area (Å²) in [6, 6.07) is 13.4. The number of Topliss-reactive ketones (excluding diaryl/α,β-unsaturated/α-hetero) is 2. The van der Waals surface area contributed by atoms with E-state index in [2.05, 4.69) is 5.32 Å². The minimum absolute atomic E-state index is 0.00862. The molecule has 1 atom stereocenters. The lowest BCUT2D eigenvalue weighted by Gasteiger charge is -2.33. The number of hydrogen-bond donors (Lipinski definition) is 1. The first-order chi connectivity index (χ1) is 13.7. The number of nitrogens with one attached hydrogen (secondary N) is 1. The van der Waals surface area contributed by atoms with Gasteiger partial charge in [0.25, 0.3) is 0 Å². The molecule has 6 rings (SSSR count). The second-order valence-corrected chi connectivity index (χ2v) is 7.50. The molecule has 0 bridgehead atoms. The second-order valence-electron chi connectivity index (χ2n) is 7.50. The van der Waals surface area contributed by atoms with Crippen LogP contribution in [-0.4, -0.2) is 18.4 Å². The summed E-state index contributed by atoms with van der Waals surface area (Å²) in [5, 5.41) is 3.45.